The van der Waals surface area contributed by atoms with E-state index in [-0.39, 0.29) is 0 Å². The predicted octanol–water partition coefficient (Wildman–Crippen LogP) is 0.868. The number of rotatable bonds is 1. The molecule has 0 bridgehead atoms. The molecule has 2 fully saturated rings. The maximum atomic E-state index is 5.51. The minimum atomic E-state index is 0.587. The molecule has 58 valence electrons. The van der Waals surface area contributed by atoms with Crippen molar-refractivity contribution in [2.24, 2.45) is 0 Å². The number of ether oxygens (including phenoxy) is 1. The summed E-state index contributed by atoms with van der Waals surface area (Å²) < 4.78 is 5.51. The summed E-state index contributed by atoms with van der Waals surface area (Å²) in [5, 5.41) is 0. The molecule has 0 aromatic heterocycles. The Kier molecular flexibility index (Phi) is 1.46. The van der Waals surface area contributed by atoms with Crippen molar-refractivity contribution in [1.29, 1.82) is 0 Å². The van der Waals surface area contributed by atoms with E-state index in [2.05, 4.69) is 19.0 Å². The van der Waals surface area contributed by atoms with E-state index in [0.717, 1.165) is 0 Å². The number of epoxide rings is 1. The number of hydrogen-bond acceptors (Lipinski definition) is 2. The van der Waals surface area contributed by atoms with Crippen LogP contribution in [0.5, 0.6) is 0 Å². The molecule has 2 aliphatic rings. The number of fused-ring (bicyclic) bond motifs is 1. The molecule has 2 rings (SSSR count). The molecule has 3 unspecified atom stereocenters. The van der Waals surface area contributed by atoms with Gasteiger partial charge in [0.25, 0.3) is 0 Å². The first-order chi connectivity index (χ1) is 4.79. The van der Waals surface area contributed by atoms with Gasteiger partial charge in [0.1, 0.15) is 0 Å². The largest absolute Gasteiger partial charge is 0.368 e. The van der Waals surface area contributed by atoms with Crippen molar-refractivity contribution in [3.8, 4) is 0 Å². The van der Waals surface area contributed by atoms with Crippen molar-refractivity contribution in [3.05, 3.63) is 0 Å². The number of nitrogens with zero attached hydrogens (tertiary/aromatic N) is 1. The van der Waals surface area contributed by atoms with E-state index in [0.29, 0.717) is 18.2 Å². The lowest BCUT2D eigenvalue weighted by Crippen LogP contribution is -2.36. The minimum Gasteiger partial charge on any atom is -0.368 e. The Morgan fingerprint density at radius 3 is 2.70 bits per heavy atom. The van der Waals surface area contributed by atoms with Gasteiger partial charge in [-0.25, -0.2) is 0 Å². The Hall–Kier alpha value is -0.0800. The Morgan fingerprint density at radius 1 is 1.30 bits per heavy atom. The lowest BCUT2D eigenvalue weighted by Gasteiger charge is -2.24. The van der Waals surface area contributed by atoms with Crippen LogP contribution in [0.3, 0.4) is 0 Å². The second-order valence-corrected chi connectivity index (χ2v) is 3.60. The summed E-state index contributed by atoms with van der Waals surface area (Å²) in [6.07, 6.45) is 5.19. The van der Waals surface area contributed by atoms with Crippen LogP contribution in [0.4, 0.5) is 0 Å². The summed E-state index contributed by atoms with van der Waals surface area (Å²) in [6, 6.07) is 0.707. The van der Waals surface area contributed by atoms with E-state index in [1.807, 2.05) is 0 Å². The van der Waals surface area contributed by atoms with Crippen molar-refractivity contribution in [2.45, 2.75) is 37.5 Å². The van der Waals surface area contributed by atoms with Crippen molar-refractivity contribution in [3.63, 3.8) is 0 Å². The molecule has 1 saturated heterocycles. The van der Waals surface area contributed by atoms with Crippen LogP contribution < -0.4 is 0 Å². The molecule has 3 atom stereocenters. The normalized spacial score (nSPS) is 45.3. The van der Waals surface area contributed by atoms with Crippen LogP contribution >= 0.6 is 0 Å². The summed E-state index contributed by atoms with van der Waals surface area (Å²) in [7, 11) is 4.30. The van der Waals surface area contributed by atoms with E-state index in [4.69, 9.17) is 4.74 Å². The Labute approximate surface area is 62.2 Å². The molecule has 1 heterocycles. The van der Waals surface area contributed by atoms with Crippen molar-refractivity contribution >= 4 is 0 Å². The summed E-state index contributed by atoms with van der Waals surface area (Å²) >= 11 is 0. The third kappa shape index (κ3) is 0.956. The summed E-state index contributed by atoms with van der Waals surface area (Å²) in [6.45, 7) is 0. The molecule has 10 heavy (non-hydrogen) atoms. The Morgan fingerprint density at radius 2 is 2.10 bits per heavy atom. The first-order valence-corrected chi connectivity index (χ1v) is 4.11. The van der Waals surface area contributed by atoms with Crippen LogP contribution in [0, 0.1) is 0 Å². The topological polar surface area (TPSA) is 15.8 Å². The fourth-order valence-corrected chi connectivity index (χ4v) is 1.97. The van der Waals surface area contributed by atoms with Gasteiger partial charge in [-0.1, -0.05) is 0 Å². The molecule has 0 spiro atoms. The van der Waals surface area contributed by atoms with Crippen LogP contribution in [0.15, 0.2) is 0 Å². The second-order valence-electron chi connectivity index (χ2n) is 3.60. The third-order valence-electron chi connectivity index (χ3n) is 2.65. The fraction of sp³-hybridized carbons (Fsp3) is 1.00. The van der Waals surface area contributed by atoms with Crippen LogP contribution in [-0.2, 0) is 4.74 Å². The average Bonchev–Trinajstić information content (AvgIpc) is 2.63. The van der Waals surface area contributed by atoms with E-state index >= 15 is 0 Å². The molecule has 1 aliphatic carbocycles. The SMILES string of the molecule is CN(C)C1CCCC2OC21. The highest BCUT2D eigenvalue weighted by Crippen LogP contribution is 2.38. The predicted molar refractivity (Wildman–Crippen MR) is 40.0 cm³/mol. The van der Waals surface area contributed by atoms with E-state index in [1.54, 1.807) is 0 Å². The minimum absolute atomic E-state index is 0.587. The van der Waals surface area contributed by atoms with E-state index < -0.39 is 0 Å². The van der Waals surface area contributed by atoms with Crippen LogP contribution in [0.25, 0.3) is 0 Å². The highest BCUT2D eigenvalue weighted by molar-refractivity contribution is 4.98. The molecule has 0 amide bonds. The van der Waals surface area contributed by atoms with Gasteiger partial charge in [0.15, 0.2) is 0 Å². The van der Waals surface area contributed by atoms with Gasteiger partial charge in [-0.05, 0) is 33.4 Å². The molecule has 0 aromatic carbocycles. The van der Waals surface area contributed by atoms with Crippen molar-refractivity contribution in [1.82, 2.24) is 4.90 Å². The first kappa shape index (κ1) is 6.62. The van der Waals surface area contributed by atoms with Gasteiger partial charge in [-0.15, -0.1) is 0 Å². The zero-order valence-corrected chi connectivity index (χ0v) is 6.71. The highest BCUT2D eigenvalue weighted by Gasteiger charge is 2.47. The molecule has 1 aliphatic heterocycles. The smallest absolute Gasteiger partial charge is 0.0996 e. The molecular weight excluding hydrogens is 126 g/mol. The maximum Gasteiger partial charge on any atom is 0.0996 e. The lowest BCUT2D eigenvalue weighted by atomic mass is 9.95. The highest BCUT2D eigenvalue weighted by atomic mass is 16.6. The van der Waals surface area contributed by atoms with Gasteiger partial charge in [0, 0.05) is 6.04 Å². The number of likely N-dealkylation sites (N-methyl/N-ethyl adjacent to an activating group) is 1. The molecule has 1 saturated carbocycles. The van der Waals surface area contributed by atoms with Crippen LogP contribution in [-0.4, -0.2) is 37.2 Å². The summed E-state index contributed by atoms with van der Waals surface area (Å²) in [5.41, 5.74) is 0. The quantitative estimate of drug-likeness (QED) is 0.503. The van der Waals surface area contributed by atoms with Gasteiger partial charge in [-0.2, -0.15) is 0 Å². The Balaban J connectivity index is 1.96. The molecular formula is C8H15NO. The lowest BCUT2D eigenvalue weighted by molar-refractivity contribution is 0.219. The first-order valence-electron chi connectivity index (χ1n) is 4.11. The number of hydrogen-bond donors (Lipinski definition) is 0. The summed E-state index contributed by atoms with van der Waals surface area (Å²) in [4.78, 5) is 2.30. The zero-order chi connectivity index (χ0) is 7.14. The maximum absolute atomic E-state index is 5.51. The van der Waals surface area contributed by atoms with Gasteiger partial charge in [-0.3, -0.25) is 0 Å². The molecule has 2 nitrogen and oxygen atoms in total. The van der Waals surface area contributed by atoms with Crippen LogP contribution in [0.2, 0.25) is 0 Å². The monoisotopic (exact) mass is 141 g/mol. The van der Waals surface area contributed by atoms with Crippen LogP contribution in [0.1, 0.15) is 19.3 Å². The summed E-state index contributed by atoms with van der Waals surface area (Å²) in [5.74, 6) is 0. The molecule has 2 heteroatoms. The van der Waals surface area contributed by atoms with Gasteiger partial charge < -0.3 is 9.64 Å². The standard InChI is InChI=1S/C8H15NO/c1-9(2)6-4-3-5-7-8(6)10-7/h6-8H,3-5H2,1-2H3. The molecule has 0 aromatic rings. The average molecular weight is 141 g/mol. The Bertz CT molecular complexity index is 135. The fourth-order valence-electron chi connectivity index (χ4n) is 1.97. The van der Waals surface area contributed by atoms with E-state index in [1.165, 1.54) is 19.3 Å². The second kappa shape index (κ2) is 2.21. The van der Waals surface area contributed by atoms with Gasteiger partial charge >= 0.3 is 0 Å². The van der Waals surface area contributed by atoms with Gasteiger partial charge in [0.2, 0.25) is 0 Å². The van der Waals surface area contributed by atoms with E-state index in [9.17, 15) is 0 Å². The van der Waals surface area contributed by atoms with Gasteiger partial charge in [0.05, 0.1) is 12.2 Å². The zero-order valence-electron chi connectivity index (χ0n) is 6.71. The van der Waals surface area contributed by atoms with Crippen molar-refractivity contribution in [2.75, 3.05) is 14.1 Å². The molecule has 0 N–H and O–H groups in total. The van der Waals surface area contributed by atoms with Crippen molar-refractivity contribution < 1.29 is 4.74 Å². The third-order valence-corrected chi connectivity index (χ3v) is 2.65. The molecule has 0 radical (unpaired) electrons.